The molecule has 1 aliphatic heterocycles. The van der Waals surface area contributed by atoms with E-state index in [1.54, 1.807) is 6.08 Å². The first-order chi connectivity index (χ1) is 10.6. The van der Waals surface area contributed by atoms with Gasteiger partial charge in [-0.2, -0.15) is 0 Å². The number of benzene rings is 1. The molecule has 110 valence electrons. The number of nitrogens with zero attached hydrogens (tertiary/aromatic N) is 2. The Kier molecular flexibility index (Phi) is 3.55. The van der Waals surface area contributed by atoms with Crippen molar-refractivity contribution in [2.45, 2.75) is 13.1 Å². The molecule has 5 heteroatoms. The number of carbonyl (C=O) groups is 2. The number of amides is 2. The van der Waals surface area contributed by atoms with E-state index in [4.69, 9.17) is 0 Å². The Bertz CT molecular complexity index is 786. The summed E-state index contributed by atoms with van der Waals surface area (Å²) in [4.78, 5) is 25.7. The van der Waals surface area contributed by atoms with Gasteiger partial charge in [-0.1, -0.05) is 6.58 Å². The first-order valence-corrected chi connectivity index (χ1v) is 6.85. The Morgan fingerprint density at radius 1 is 1.18 bits per heavy atom. The third kappa shape index (κ3) is 2.41. The van der Waals surface area contributed by atoms with E-state index in [2.05, 4.69) is 6.58 Å². The SMILES string of the molecule is C=CC[n+]1cccc(CN2C(=O)c3ccc(F)cc3C2=O)c1. The molecule has 4 nitrogen and oxygen atoms in total. The second-order valence-corrected chi connectivity index (χ2v) is 5.08. The first kappa shape index (κ1) is 14.1. The van der Waals surface area contributed by atoms with Gasteiger partial charge in [0.25, 0.3) is 11.8 Å². The van der Waals surface area contributed by atoms with Gasteiger partial charge in [-0.15, -0.1) is 0 Å². The molecule has 1 aliphatic rings. The molecule has 0 radical (unpaired) electrons. The average molecular weight is 297 g/mol. The average Bonchev–Trinajstić information content (AvgIpc) is 2.73. The molecule has 1 aromatic heterocycles. The van der Waals surface area contributed by atoms with Crippen molar-refractivity contribution < 1.29 is 18.5 Å². The second kappa shape index (κ2) is 5.52. The maximum absolute atomic E-state index is 13.3. The van der Waals surface area contributed by atoms with Gasteiger partial charge in [0.05, 0.1) is 17.7 Å². The van der Waals surface area contributed by atoms with Crippen LogP contribution in [0.15, 0.2) is 55.4 Å². The third-order valence-corrected chi connectivity index (χ3v) is 3.53. The highest BCUT2D eigenvalue weighted by Gasteiger charge is 2.35. The van der Waals surface area contributed by atoms with E-state index in [1.165, 1.54) is 12.1 Å². The number of rotatable bonds is 4. The molecule has 0 unspecified atom stereocenters. The van der Waals surface area contributed by atoms with Gasteiger partial charge in [0, 0.05) is 11.6 Å². The molecular weight excluding hydrogens is 283 g/mol. The Morgan fingerprint density at radius 3 is 2.73 bits per heavy atom. The number of hydrogen-bond acceptors (Lipinski definition) is 2. The van der Waals surface area contributed by atoms with Crippen molar-refractivity contribution >= 4 is 11.8 Å². The van der Waals surface area contributed by atoms with Crippen LogP contribution in [0.25, 0.3) is 0 Å². The largest absolute Gasteiger partial charge is 0.270 e. The highest BCUT2D eigenvalue weighted by Crippen LogP contribution is 2.24. The van der Waals surface area contributed by atoms with E-state index in [1.807, 2.05) is 29.1 Å². The fourth-order valence-electron chi connectivity index (χ4n) is 2.52. The lowest BCUT2D eigenvalue weighted by molar-refractivity contribution is -0.687. The van der Waals surface area contributed by atoms with Crippen LogP contribution in [0.2, 0.25) is 0 Å². The van der Waals surface area contributed by atoms with Crippen LogP contribution < -0.4 is 4.57 Å². The zero-order chi connectivity index (χ0) is 15.7. The minimum atomic E-state index is -0.523. The summed E-state index contributed by atoms with van der Waals surface area (Å²) in [5.74, 6) is -1.37. The van der Waals surface area contributed by atoms with Crippen molar-refractivity contribution in [3.63, 3.8) is 0 Å². The van der Waals surface area contributed by atoms with Crippen LogP contribution in [0, 0.1) is 5.82 Å². The van der Waals surface area contributed by atoms with Crippen LogP contribution in [0.1, 0.15) is 26.3 Å². The summed E-state index contributed by atoms with van der Waals surface area (Å²) in [6.07, 6.45) is 5.49. The lowest BCUT2D eigenvalue weighted by Gasteiger charge is -2.12. The van der Waals surface area contributed by atoms with E-state index in [0.717, 1.165) is 16.5 Å². The molecule has 2 amide bonds. The first-order valence-electron chi connectivity index (χ1n) is 6.85. The minimum Gasteiger partial charge on any atom is -0.270 e. The summed E-state index contributed by atoms with van der Waals surface area (Å²) in [7, 11) is 0. The number of aromatic nitrogens is 1. The van der Waals surface area contributed by atoms with Gasteiger partial charge in [-0.05, 0) is 30.3 Å². The quantitative estimate of drug-likeness (QED) is 0.492. The van der Waals surface area contributed by atoms with Gasteiger partial charge in [0.2, 0.25) is 0 Å². The molecule has 0 spiro atoms. The van der Waals surface area contributed by atoms with Crippen LogP contribution in [-0.4, -0.2) is 16.7 Å². The summed E-state index contributed by atoms with van der Waals surface area (Å²) < 4.78 is 15.2. The molecule has 0 aliphatic carbocycles. The highest BCUT2D eigenvalue weighted by molar-refractivity contribution is 6.21. The van der Waals surface area contributed by atoms with Crippen molar-refractivity contribution in [2.24, 2.45) is 0 Å². The number of halogens is 1. The van der Waals surface area contributed by atoms with Gasteiger partial charge in [0.15, 0.2) is 18.9 Å². The fourth-order valence-corrected chi connectivity index (χ4v) is 2.52. The molecule has 2 aromatic rings. The van der Waals surface area contributed by atoms with Gasteiger partial charge >= 0.3 is 0 Å². The van der Waals surface area contributed by atoms with Crippen molar-refractivity contribution in [1.82, 2.24) is 4.90 Å². The summed E-state index contributed by atoms with van der Waals surface area (Å²) in [5, 5.41) is 0. The maximum atomic E-state index is 13.3. The summed E-state index contributed by atoms with van der Waals surface area (Å²) in [6, 6.07) is 7.33. The molecule has 0 atom stereocenters. The van der Waals surface area contributed by atoms with Crippen molar-refractivity contribution in [3.05, 3.63) is 77.9 Å². The maximum Gasteiger partial charge on any atom is 0.261 e. The highest BCUT2D eigenvalue weighted by atomic mass is 19.1. The molecule has 0 saturated heterocycles. The van der Waals surface area contributed by atoms with Crippen molar-refractivity contribution in [2.75, 3.05) is 0 Å². The Balaban J connectivity index is 1.88. The van der Waals surface area contributed by atoms with Crippen LogP contribution in [-0.2, 0) is 13.1 Å². The van der Waals surface area contributed by atoms with Crippen molar-refractivity contribution in [1.29, 1.82) is 0 Å². The molecule has 2 heterocycles. The monoisotopic (exact) mass is 297 g/mol. The van der Waals surface area contributed by atoms with E-state index in [0.29, 0.717) is 6.54 Å². The molecule has 0 fully saturated rings. The van der Waals surface area contributed by atoms with Crippen LogP contribution in [0.5, 0.6) is 0 Å². The predicted molar refractivity (Wildman–Crippen MR) is 77.4 cm³/mol. The number of carbonyl (C=O) groups excluding carboxylic acids is 2. The molecule has 0 saturated carbocycles. The van der Waals surface area contributed by atoms with Crippen LogP contribution in [0.3, 0.4) is 0 Å². The Morgan fingerprint density at radius 2 is 1.95 bits per heavy atom. The van der Waals surface area contributed by atoms with Gasteiger partial charge in [-0.3, -0.25) is 14.5 Å². The van der Waals surface area contributed by atoms with Gasteiger partial charge in [-0.25, -0.2) is 8.96 Å². The topological polar surface area (TPSA) is 41.3 Å². The molecule has 22 heavy (non-hydrogen) atoms. The van der Waals surface area contributed by atoms with Gasteiger partial charge < -0.3 is 0 Å². The number of hydrogen-bond donors (Lipinski definition) is 0. The second-order valence-electron chi connectivity index (χ2n) is 5.08. The number of pyridine rings is 1. The number of fused-ring (bicyclic) bond motifs is 1. The van der Waals surface area contributed by atoms with Crippen LogP contribution >= 0.6 is 0 Å². The molecular formula is C17H14FN2O2+. The fraction of sp³-hybridized carbons (Fsp3) is 0.118. The third-order valence-electron chi connectivity index (χ3n) is 3.53. The molecule has 3 rings (SSSR count). The van der Waals surface area contributed by atoms with E-state index in [9.17, 15) is 14.0 Å². The summed E-state index contributed by atoms with van der Waals surface area (Å²) in [5.41, 5.74) is 1.19. The predicted octanol–water partition coefficient (Wildman–Crippen LogP) is 2.10. The number of imide groups is 1. The lowest BCUT2D eigenvalue weighted by Crippen LogP contribution is -2.34. The number of allylic oxidation sites excluding steroid dienone is 1. The van der Waals surface area contributed by atoms with E-state index >= 15 is 0 Å². The van der Waals surface area contributed by atoms with E-state index in [-0.39, 0.29) is 23.6 Å². The Labute approximate surface area is 127 Å². The lowest BCUT2D eigenvalue weighted by atomic mass is 10.1. The molecule has 0 bridgehead atoms. The zero-order valence-corrected chi connectivity index (χ0v) is 11.8. The summed E-state index contributed by atoms with van der Waals surface area (Å²) in [6.45, 7) is 4.47. The molecule has 1 aromatic carbocycles. The standard InChI is InChI=1S/C17H14FN2O2/c1-2-7-19-8-3-4-12(10-19)11-20-16(21)14-6-5-13(18)9-15(14)17(20)22/h2-6,8-10H,1,7,11H2/q+1. The minimum absolute atomic E-state index is 0.125. The summed E-state index contributed by atoms with van der Waals surface area (Å²) >= 11 is 0. The van der Waals surface area contributed by atoms with Crippen LogP contribution in [0.4, 0.5) is 4.39 Å². The Hall–Kier alpha value is -2.82. The van der Waals surface area contributed by atoms with Crippen molar-refractivity contribution in [3.8, 4) is 0 Å². The normalized spacial score (nSPS) is 13.4. The smallest absolute Gasteiger partial charge is 0.261 e. The van der Waals surface area contributed by atoms with E-state index < -0.39 is 11.7 Å². The molecule has 0 N–H and O–H groups in total. The zero-order valence-electron chi connectivity index (χ0n) is 11.8. The van der Waals surface area contributed by atoms with Gasteiger partial charge in [0.1, 0.15) is 5.82 Å².